The molecule has 1 amide bonds. The molecule has 2 aliphatic carbocycles. The molecule has 9 heteroatoms. The molecule has 3 fully saturated rings. The number of carbonyl (C=O) groups excluding carboxylic acids is 1. The second-order valence-corrected chi connectivity index (χ2v) is 12.8. The fourth-order valence-electron chi connectivity index (χ4n) is 7.08. The third kappa shape index (κ3) is 9.89. The highest BCUT2D eigenvalue weighted by atomic mass is 35.5. The van der Waals surface area contributed by atoms with Gasteiger partial charge in [-0.2, -0.15) is 0 Å². The molecule has 0 bridgehead atoms. The zero-order chi connectivity index (χ0) is 24.2. The molecule has 3 rings (SSSR count). The predicted molar refractivity (Wildman–Crippen MR) is 153 cm³/mol. The molecular formula is C28H59ClN2O6. The van der Waals surface area contributed by atoms with Crippen LogP contribution in [0.4, 0.5) is 0 Å². The number of rotatable bonds is 8. The van der Waals surface area contributed by atoms with Gasteiger partial charge in [0, 0.05) is 44.1 Å². The summed E-state index contributed by atoms with van der Waals surface area (Å²) in [6.07, 6.45) is 8.72. The summed E-state index contributed by atoms with van der Waals surface area (Å²) in [6, 6.07) is 0.128. The van der Waals surface area contributed by atoms with Crippen LogP contribution in [0.2, 0.25) is 0 Å². The molecule has 0 aromatic rings. The van der Waals surface area contributed by atoms with Crippen molar-refractivity contribution in [3.63, 3.8) is 0 Å². The number of halogens is 1. The molecular weight excluding hydrogens is 496 g/mol. The number of likely N-dealkylation sites (tertiary alicyclic amines) is 1. The number of aliphatic hydroxyl groups is 1. The molecule has 8 nitrogen and oxygen atoms in total. The van der Waals surface area contributed by atoms with Gasteiger partial charge in [0.05, 0.1) is 12.0 Å². The summed E-state index contributed by atoms with van der Waals surface area (Å²) in [7, 11) is 1.67. The minimum absolute atomic E-state index is 0. The van der Waals surface area contributed by atoms with E-state index in [2.05, 4.69) is 37.9 Å². The van der Waals surface area contributed by atoms with Crippen molar-refractivity contribution in [2.45, 2.75) is 104 Å². The Hall–Kier alpha value is -0.480. The quantitative estimate of drug-likeness (QED) is 0.442. The molecule has 0 aromatic heterocycles. The predicted octanol–water partition coefficient (Wildman–Crippen LogP) is 2.86. The van der Waals surface area contributed by atoms with Crippen LogP contribution >= 0.6 is 11.6 Å². The standard InChI is InChI=1S/C27H49ClN2O3.CH4.3H2O/c1-18(2)24(29-26(32)22-8-6-7-20(16-31)25(22)33-5)15-30-14-13-23(27(3,4)17-30)19-9-11-21(28)12-10-19;;;;/h18-25,31H,6-17H2,1-5H3,(H,29,32);1H4;3*1H2/t19?,20?,21?,22?,23?,24-,25?;;;;/m0..../s1. The molecule has 8 N–H and O–H groups in total. The van der Waals surface area contributed by atoms with Crippen LogP contribution in [0.25, 0.3) is 0 Å². The lowest BCUT2D eigenvalue weighted by atomic mass is 9.64. The molecule has 0 radical (unpaired) electrons. The van der Waals surface area contributed by atoms with E-state index in [-0.39, 0.29) is 65.8 Å². The SMILES string of the molecule is C.COC1C(CO)CCCC1C(=O)N[C@@H](CN1CCC(C2CCC(Cl)CC2)C(C)(C)C1)C(C)C.O.O.O. The van der Waals surface area contributed by atoms with Crippen molar-refractivity contribution in [2.24, 2.45) is 35.0 Å². The van der Waals surface area contributed by atoms with Crippen LogP contribution in [-0.4, -0.2) is 83.2 Å². The zero-order valence-electron chi connectivity index (χ0n) is 23.2. The van der Waals surface area contributed by atoms with Gasteiger partial charge < -0.3 is 36.5 Å². The smallest absolute Gasteiger partial charge is 0.226 e. The largest absolute Gasteiger partial charge is 0.412 e. The summed E-state index contributed by atoms with van der Waals surface area (Å²) in [5, 5.41) is 13.5. The van der Waals surface area contributed by atoms with Crippen molar-refractivity contribution >= 4 is 17.5 Å². The monoisotopic (exact) mass is 554 g/mol. The van der Waals surface area contributed by atoms with Crippen LogP contribution in [-0.2, 0) is 9.53 Å². The van der Waals surface area contributed by atoms with Gasteiger partial charge in [0.25, 0.3) is 0 Å². The number of piperidine rings is 1. The molecule has 3 aliphatic rings. The zero-order valence-corrected chi connectivity index (χ0v) is 23.9. The van der Waals surface area contributed by atoms with Gasteiger partial charge in [0.15, 0.2) is 0 Å². The maximum Gasteiger partial charge on any atom is 0.226 e. The molecule has 5 atom stereocenters. The lowest BCUT2D eigenvalue weighted by Crippen LogP contribution is -2.55. The van der Waals surface area contributed by atoms with Gasteiger partial charge in [-0.1, -0.05) is 41.5 Å². The van der Waals surface area contributed by atoms with Crippen molar-refractivity contribution < 1.29 is 31.1 Å². The first-order chi connectivity index (χ1) is 15.7. The molecule has 2 saturated carbocycles. The van der Waals surface area contributed by atoms with Crippen molar-refractivity contribution in [1.82, 2.24) is 10.2 Å². The summed E-state index contributed by atoms with van der Waals surface area (Å²) >= 11 is 6.37. The number of hydrogen-bond acceptors (Lipinski definition) is 4. The second-order valence-electron chi connectivity index (χ2n) is 12.2. The van der Waals surface area contributed by atoms with E-state index < -0.39 is 0 Å². The van der Waals surface area contributed by atoms with Gasteiger partial charge in [-0.3, -0.25) is 4.79 Å². The maximum atomic E-state index is 13.3. The van der Waals surface area contributed by atoms with E-state index >= 15 is 0 Å². The normalized spacial score (nSPS) is 32.5. The van der Waals surface area contributed by atoms with Gasteiger partial charge in [0.1, 0.15) is 0 Å². The van der Waals surface area contributed by atoms with Gasteiger partial charge in [-0.15, -0.1) is 11.6 Å². The Kier molecular flexibility index (Phi) is 18.0. The van der Waals surface area contributed by atoms with Crippen LogP contribution < -0.4 is 5.32 Å². The first-order valence-corrected chi connectivity index (χ1v) is 13.9. The molecule has 0 spiro atoms. The third-order valence-corrected chi connectivity index (χ3v) is 9.48. The van der Waals surface area contributed by atoms with Crippen LogP contribution in [0.15, 0.2) is 0 Å². The molecule has 1 aliphatic heterocycles. The van der Waals surface area contributed by atoms with Crippen molar-refractivity contribution in [3.8, 4) is 0 Å². The highest BCUT2D eigenvalue weighted by Gasteiger charge is 2.42. The molecule has 4 unspecified atom stereocenters. The molecule has 224 valence electrons. The average Bonchev–Trinajstić information content (AvgIpc) is 2.78. The fourth-order valence-corrected chi connectivity index (χ4v) is 7.33. The van der Waals surface area contributed by atoms with Crippen LogP contribution in [0.3, 0.4) is 0 Å². The average molecular weight is 555 g/mol. The first kappa shape index (κ1) is 38.7. The number of methoxy groups -OCH3 is 1. The number of alkyl halides is 1. The van der Waals surface area contributed by atoms with E-state index in [1.807, 2.05) is 0 Å². The van der Waals surface area contributed by atoms with Gasteiger partial charge in [0.2, 0.25) is 5.91 Å². The Labute approximate surface area is 231 Å². The van der Waals surface area contributed by atoms with E-state index in [1.165, 1.54) is 32.1 Å². The van der Waals surface area contributed by atoms with Crippen LogP contribution in [0, 0.1) is 35.0 Å². The summed E-state index contributed by atoms with van der Waals surface area (Å²) in [6.45, 7) is 12.5. The fraction of sp³-hybridized carbons (Fsp3) is 0.964. The number of nitrogens with one attached hydrogen (secondary N) is 1. The lowest BCUT2D eigenvalue weighted by Gasteiger charge is -2.49. The summed E-state index contributed by atoms with van der Waals surface area (Å²) in [5.74, 6) is 1.95. The van der Waals surface area contributed by atoms with E-state index in [1.54, 1.807) is 7.11 Å². The Morgan fingerprint density at radius 1 is 1.08 bits per heavy atom. The Bertz CT molecular complexity index is 630. The number of amides is 1. The highest BCUT2D eigenvalue weighted by Crippen LogP contribution is 2.45. The maximum absolute atomic E-state index is 13.3. The van der Waals surface area contributed by atoms with Gasteiger partial charge in [-0.25, -0.2) is 0 Å². The number of aliphatic hydroxyl groups excluding tert-OH is 1. The highest BCUT2D eigenvalue weighted by molar-refractivity contribution is 6.20. The Balaban J connectivity index is 0. The number of carbonyl (C=O) groups is 1. The van der Waals surface area contributed by atoms with Crippen molar-refractivity contribution in [2.75, 3.05) is 33.4 Å². The first-order valence-electron chi connectivity index (χ1n) is 13.5. The van der Waals surface area contributed by atoms with Crippen LogP contribution in [0.5, 0.6) is 0 Å². The van der Waals surface area contributed by atoms with Crippen molar-refractivity contribution in [1.29, 1.82) is 0 Å². The summed E-state index contributed by atoms with van der Waals surface area (Å²) in [4.78, 5) is 15.9. The van der Waals surface area contributed by atoms with E-state index in [0.717, 1.165) is 50.7 Å². The molecule has 1 heterocycles. The number of ether oxygens (including phenoxy) is 1. The number of nitrogens with zero attached hydrogens (tertiary/aromatic N) is 1. The second kappa shape index (κ2) is 17.3. The van der Waals surface area contributed by atoms with Crippen molar-refractivity contribution in [3.05, 3.63) is 0 Å². The molecule has 37 heavy (non-hydrogen) atoms. The molecule has 1 saturated heterocycles. The minimum atomic E-state index is -0.186. The summed E-state index contributed by atoms with van der Waals surface area (Å²) in [5.41, 5.74) is 0.284. The number of hydrogen-bond donors (Lipinski definition) is 2. The van der Waals surface area contributed by atoms with Gasteiger partial charge >= 0.3 is 0 Å². The Morgan fingerprint density at radius 3 is 2.22 bits per heavy atom. The summed E-state index contributed by atoms with van der Waals surface area (Å²) < 4.78 is 5.68. The lowest BCUT2D eigenvalue weighted by molar-refractivity contribution is -0.136. The van der Waals surface area contributed by atoms with Crippen LogP contribution in [0.1, 0.15) is 86.5 Å². The van der Waals surface area contributed by atoms with Gasteiger partial charge in [-0.05, 0) is 74.7 Å². The van der Waals surface area contributed by atoms with E-state index in [4.69, 9.17) is 16.3 Å². The Morgan fingerprint density at radius 2 is 1.70 bits per heavy atom. The van der Waals surface area contributed by atoms with E-state index in [9.17, 15) is 9.90 Å². The topological polar surface area (TPSA) is 156 Å². The molecule has 0 aromatic carbocycles. The van der Waals surface area contributed by atoms with E-state index in [0.29, 0.717) is 11.3 Å². The minimum Gasteiger partial charge on any atom is -0.412 e. The third-order valence-electron chi connectivity index (χ3n) is 9.04.